The van der Waals surface area contributed by atoms with Crippen LogP contribution in [0.3, 0.4) is 0 Å². The van der Waals surface area contributed by atoms with Crippen molar-refractivity contribution in [2.75, 3.05) is 18.4 Å². The molecule has 1 atom stereocenters. The van der Waals surface area contributed by atoms with E-state index in [0.29, 0.717) is 41.1 Å². The Morgan fingerprint density at radius 3 is 2.06 bits per heavy atom. The van der Waals surface area contributed by atoms with Crippen LogP contribution in [0.4, 0.5) is 5.69 Å². The summed E-state index contributed by atoms with van der Waals surface area (Å²) in [6, 6.07) is 8.89. The lowest BCUT2D eigenvalue weighted by Gasteiger charge is -2.26. The lowest BCUT2D eigenvalue weighted by atomic mass is 10.1. The predicted octanol–water partition coefficient (Wildman–Crippen LogP) is 3.14. The lowest BCUT2D eigenvalue weighted by molar-refractivity contribution is -0.136. The fourth-order valence-corrected chi connectivity index (χ4v) is 6.65. The number of benzene rings is 2. The Hall–Kier alpha value is -2.71. The number of sulfonamides is 1. The molecular formula is C24H31N3O4S. The van der Waals surface area contributed by atoms with Crippen molar-refractivity contribution in [2.24, 2.45) is 0 Å². The number of anilines is 1. The average Bonchev–Trinajstić information content (AvgIpc) is 3.13. The highest BCUT2D eigenvalue weighted by molar-refractivity contribution is 7.89. The molecule has 0 radical (unpaired) electrons. The number of hydrogen-bond acceptors (Lipinski definition) is 4. The van der Waals surface area contributed by atoms with Crippen LogP contribution in [-0.4, -0.2) is 43.7 Å². The van der Waals surface area contributed by atoms with Gasteiger partial charge < -0.3 is 10.6 Å². The molecule has 2 N–H and O–H groups in total. The molecule has 1 heterocycles. The number of amides is 2. The second-order valence-electron chi connectivity index (χ2n) is 8.68. The van der Waals surface area contributed by atoms with Gasteiger partial charge in [0, 0.05) is 24.8 Å². The monoisotopic (exact) mass is 457 g/mol. The van der Waals surface area contributed by atoms with Gasteiger partial charge in [0.1, 0.15) is 0 Å². The summed E-state index contributed by atoms with van der Waals surface area (Å²) in [5.41, 5.74) is 4.95. The van der Waals surface area contributed by atoms with E-state index in [9.17, 15) is 18.0 Å². The Morgan fingerprint density at radius 2 is 1.47 bits per heavy atom. The van der Waals surface area contributed by atoms with Crippen LogP contribution in [0.25, 0.3) is 0 Å². The molecule has 0 bridgehead atoms. The molecule has 1 saturated heterocycles. The average molecular weight is 458 g/mol. The Kier molecular flexibility index (Phi) is 7.05. The summed E-state index contributed by atoms with van der Waals surface area (Å²) in [5, 5.41) is 5.21. The summed E-state index contributed by atoms with van der Waals surface area (Å²) in [4.78, 5) is 25.0. The molecule has 0 aliphatic carbocycles. The smallest absolute Gasteiger partial charge is 0.313 e. The van der Waals surface area contributed by atoms with E-state index in [0.717, 1.165) is 16.7 Å². The minimum Gasteiger partial charge on any atom is -0.346 e. The molecule has 32 heavy (non-hydrogen) atoms. The van der Waals surface area contributed by atoms with Gasteiger partial charge in [-0.3, -0.25) is 9.59 Å². The van der Waals surface area contributed by atoms with Gasteiger partial charge in [-0.05, 0) is 81.8 Å². The largest absolute Gasteiger partial charge is 0.346 e. The second-order valence-corrected chi connectivity index (χ2v) is 10.5. The van der Waals surface area contributed by atoms with E-state index in [2.05, 4.69) is 10.6 Å². The molecule has 2 amide bonds. The molecule has 3 rings (SSSR count). The zero-order valence-corrected chi connectivity index (χ0v) is 20.1. The molecule has 2 aromatic rings. The van der Waals surface area contributed by atoms with Gasteiger partial charge in [-0.1, -0.05) is 23.8 Å². The van der Waals surface area contributed by atoms with E-state index in [1.54, 1.807) is 26.0 Å². The quantitative estimate of drug-likeness (QED) is 0.675. The first-order valence-corrected chi connectivity index (χ1v) is 12.2. The van der Waals surface area contributed by atoms with Crippen LogP contribution in [0.15, 0.2) is 35.2 Å². The van der Waals surface area contributed by atoms with Crippen molar-refractivity contribution in [3.05, 3.63) is 58.1 Å². The van der Waals surface area contributed by atoms with Crippen LogP contribution < -0.4 is 10.6 Å². The van der Waals surface area contributed by atoms with Gasteiger partial charge in [0.25, 0.3) is 0 Å². The number of carbonyl (C=O) groups excluding carboxylic acids is 2. The topological polar surface area (TPSA) is 95.6 Å². The van der Waals surface area contributed by atoms with Crippen molar-refractivity contribution in [2.45, 2.75) is 58.4 Å². The standard InChI is InChI=1S/C24H31N3O4S/c1-15-9-16(2)13-20(12-15)26-24(29)23(28)25-14-21-7-6-8-27(21)32(30,31)22-18(4)10-17(3)11-19(22)5/h9-13,21H,6-8,14H2,1-5H3,(H,25,28)(H,26,29). The fourth-order valence-electron chi connectivity index (χ4n) is 4.55. The molecule has 0 spiro atoms. The van der Waals surface area contributed by atoms with E-state index in [4.69, 9.17) is 0 Å². The van der Waals surface area contributed by atoms with E-state index in [1.165, 1.54) is 4.31 Å². The highest BCUT2D eigenvalue weighted by Gasteiger charge is 2.37. The molecule has 1 unspecified atom stereocenters. The molecule has 2 aromatic carbocycles. The van der Waals surface area contributed by atoms with Crippen LogP contribution in [0, 0.1) is 34.6 Å². The Bertz CT molecular complexity index is 1110. The third kappa shape index (κ3) is 5.19. The van der Waals surface area contributed by atoms with Gasteiger partial charge >= 0.3 is 11.8 Å². The summed E-state index contributed by atoms with van der Waals surface area (Å²) in [7, 11) is -3.71. The molecule has 0 saturated carbocycles. The van der Waals surface area contributed by atoms with Crippen molar-refractivity contribution < 1.29 is 18.0 Å². The van der Waals surface area contributed by atoms with Gasteiger partial charge in [0.2, 0.25) is 10.0 Å². The number of carbonyl (C=O) groups is 2. The number of nitrogens with zero attached hydrogens (tertiary/aromatic N) is 1. The second kappa shape index (κ2) is 9.42. The number of nitrogens with one attached hydrogen (secondary N) is 2. The predicted molar refractivity (Wildman–Crippen MR) is 125 cm³/mol. The van der Waals surface area contributed by atoms with E-state index < -0.39 is 27.9 Å². The summed E-state index contributed by atoms with van der Waals surface area (Å²) >= 11 is 0. The highest BCUT2D eigenvalue weighted by atomic mass is 32.2. The van der Waals surface area contributed by atoms with Crippen LogP contribution in [-0.2, 0) is 19.6 Å². The molecule has 172 valence electrons. The minimum atomic E-state index is -3.71. The number of rotatable bonds is 5. The van der Waals surface area contributed by atoms with Gasteiger partial charge in [-0.2, -0.15) is 4.31 Å². The zero-order valence-electron chi connectivity index (χ0n) is 19.3. The highest BCUT2D eigenvalue weighted by Crippen LogP contribution is 2.30. The van der Waals surface area contributed by atoms with Crippen LogP contribution in [0.5, 0.6) is 0 Å². The maximum Gasteiger partial charge on any atom is 0.313 e. The normalized spacial score (nSPS) is 16.7. The van der Waals surface area contributed by atoms with Gasteiger partial charge in [-0.15, -0.1) is 0 Å². The first-order valence-electron chi connectivity index (χ1n) is 10.8. The summed E-state index contributed by atoms with van der Waals surface area (Å²) in [6.07, 6.45) is 1.33. The van der Waals surface area contributed by atoms with Crippen LogP contribution >= 0.6 is 0 Å². The Morgan fingerprint density at radius 1 is 0.906 bits per heavy atom. The Balaban J connectivity index is 1.68. The Labute approximate surface area is 190 Å². The molecule has 1 aliphatic rings. The van der Waals surface area contributed by atoms with E-state index >= 15 is 0 Å². The van der Waals surface area contributed by atoms with Gasteiger partial charge in [-0.25, -0.2) is 8.42 Å². The zero-order chi connectivity index (χ0) is 23.6. The molecule has 7 nitrogen and oxygen atoms in total. The third-order valence-electron chi connectivity index (χ3n) is 5.68. The number of hydrogen-bond donors (Lipinski definition) is 2. The summed E-state index contributed by atoms with van der Waals surface area (Å²) in [6.45, 7) is 9.85. The van der Waals surface area contributed by atoms with Crippen molar-refractivity contribution >= 4 is 27.5 Å². The fraction of sp³-hybridized carbons (Fsp3) is 0.417. The van der Waals surface area contributed by atoms with Crippen molar-refractivity contribution in [1.29, 1.82) is 0 Å². The van der Waals surface area contributed by atoms with Crippen molar-refractivity contribution in [1.82, 2.24) is 9.62 Å². The molecule has 1 fully saturated rings. The molecular weight excluding hydrogens is 426 g/mol. The molecule has 0 aromatic heterocycles. The lowest BCUT2D eigenvalue weighted by Crippen LogP contribution is -2.45. The minimum absolute atomic E-state index is 0.0856. The molecule has 1 aliphatic heterocycles. The number of aryl methyl sites for hydroxylation is 5. The summed E-state index contributed by atoms with van der Waals surface area (Å²) in [5.74, 6) is -1.55. The van der Waals surface area contributed by atoms with Crippen molar-refractivity contribution in [3.63, 3.8) is 0 Å². The van der Waals surface area contributed by atoms with Crippen LogP contribution in [0.1, 0.15) is 40.7 Å². The first-order chi connectivity index (χ1) is 15.0. The maximum atomic E-state index is 13.4. The van der Waals surface area contributed by atoms with E-state index in [1.807, 2.05) is 39.0 Å². The SMILES string of the molecule is Cc1cc(C)cc(NC(=O)C(=O)NCC2CCCN2S(=O)(=O)c2c(C)cc(C)cc2C)c1. The molecule has 8 heteroatoms. The van der Waals surface area contributed by atoms with E-state index in [-0.39, 0.29) is 6.54 Å². The maximum absolute atomic E-state index is 13.4. The summed E-state index contributed by atoms with van der Waals surface area (Å²) < 4.78 is 28.3. The van der Waals surface area contributed by atoms with Crippen molar-refractivity contribution in [3.8, 4) is 0 Å². The third-order valence-corrected chi connectivity index (χ3v) is 7.94. The van der Waals surface area contributed by atoms with Crippen LogP contribution in [0.2, 0.25) is 0 Å². The van der Waals surface area contributed by atoms with Gasteiger partial charge in [0.05, 0.1) is 4.90 Å². The first kappa shape index (κ1) is 23.9. The van der Waals surface area contributed by atoms with Gasteiger partial charge in [0.15, 0.2) is 0 Å².